The molecule has 0 fully saturated rings. The van der Waals surface area contributed by atoms with Crippen molar-refractivity contribution in [1.29, 1.82) is 0 Å². The van der Waals surface area contributed by atoms with Gasteiger partial charge < -0.3 is 24.8 Å². The van der Waals surface area contributed by atoms with Crippen LogP contribution >= 0.6 is 0 Å². The van der Waals surface area contributed by atoms with E-state index in [2.05, 4.69) is 22.2 Å². The van der Waals surface area contributed by atoms with E-state index in [1.807, 2.05) is 42.5 Å². The monoisotopic (exact) mass is 353 g/mol. The molecule has 0 saturated heterocycles. The van der Waals surface area contributed by atoms with E-state index >= 15 is 0 Å². The number of guanidine groups is 1. The number of ether oxygens (including phenoxy) is 3. The molecule has 0 spiro atoms. The average molecular weight is 353 g/mol. The van der Waals surface area contributed by atoms with Gasteiger partial charge in [0.1, 0.15) is 12.4 Å². The van der Waals surface area contributed by atoms with E-state index in [9.17, 15) is 0 Å². The van der Waals surface area contributed by atoms with Crippen LogP contribution in [0.2, 0.25) is 0 Å². The van der Waals surface area contributed by atoms with Crippen LogP contribution in [0.15, 0.2) is 60.1 Å². The SMILES string of the molecule is C=CCOc1ccccc1CNC(=NC)NCc1ccc2c(c1)OCO2. The molecule has 26 heavy (non-hydrogen) atoms. The van der Waals surface area contributed by atoms with Gasteiger partial charge in [-0.15, -0.1) is 0 Å². The lowest BCUT2D eigenvalue weighted by molar-refractivity contribution is 0.174. The fraction of sp³-hybridized carbons (Fsp3) is 0.250. The summed E-state index contributed by atoms with van der Waals surface area (Å²) in [4.78, 5) is 4.26. The molecule has 1 aliphatic rings. The van der Waals surface area contributed by atoms with Crippen molar-refractivity contribution in [2.75, 3.05) is 20.4 Å². The maximum Gasteiger partial charge on any atom is 0.231 e. The summed E-state index contributed by atoms with van der Waals surface area (Å²) in [7, 11) is 1.75. The third kappa shape index (κ3) is 4.47. The van der Waals surface area contributed by atoms with Crippen molar-refractivity contribution in [1.82, 2.24) is 10.6 Å². The van der Waals surface area contributed by atoms with Gasteiger partial charge in [-0.2, -0.15) is 0 Å². The van der Waals surface area contributed by atoms with Crippen LogP contribution in [0.25, 0.3) is 0 Å². The molecule has 2 aromatic rings. The highest BCUT2D eigenvalue weighted by molar-refractivity contribution is 5.79. The fourth-order valence-corrected chi connectivity index (χ4v) is 2.58. The Kier molecular flexibility index (Phi) is 5.98. The lowest BCUT2D eigenvalue weighted by atomic mass is 10.2. The maximum atomic E-state index is 5.68. The number of benzene rings is 2. The van der Waals surface area contributed by atoms with E-state index in [0.29, 0.717) is 25.7 Å². The summed E-state index contributed by atoms with van der Waals surface area (Å²) in [6.07, 6.45) is 1.73. The van der Waals surface area contributed by atoms with Crippen LogP contribution in [0.3, 0.4) is 0 Å². The number of para-hydroxylation sites is 1. The molecule has 136 valence electrons. The van der Waals surface area contributed by atoms with Crippen molar-refractivity contribution in [2.24, 2.45) is 4.99 Å². The molecule has 0 atom stereocenters. The van der Waals surface area contributed by atoms with Gasteiger partial charge >= 0.3 is 0 Å². The zero-order chi connectivity index (χ0) is 18.2. The largest absolute Gasteiger partial charge is 0.489 e. The topological polar surface area (TPSA) is 64.1 Å². The molecule has 0 amide bonds. The summed E-state index contributed by atoms with van der Waals surface area (Å²) in [5, 5.41) is 6.60. The first-order chi connectivity index (χ1) is 12.8. The predicted octanol–water partition coefficient (Wildman–Crippen LogP) is 2.85. The number of nitrogens with one attached hydrogen (secondary N) is 2. The molecule has 0 aliphatic carbocycles. The van der Waals surface area contributed by atoms with Gasteiger partial charge in [0.2, 0.25) is 6.79 Å². The normalized spacial score (nSPS) is 12.6. The molecule has 0 saturated carbocycles. The number of nitrogens with zero attached hydrogens (tertiary/aromatic N) is 1. The van der Waals surface area contributed by atoms with Crippen LogP contribution in [-0.2, 0) is 13.1 Å². The van der Waals surface area contributed by atoms with Gasteiger partial charge in [0.05, 0.1) is 0 Å². The summed E-state index contributed by atoms with van der Waals surface area (Å²) in [5.74, 6) is 3.11. The Labute approximate surface area is 153 Å². The van der Waals surface area contributed by atoms with Gasteiger partial charge in [0, 0.05) is 25.7 Å². The number of aliphatic imine (C=N–C) groups is 1. The molecule has 0 bridgehead atoms. The van der Waals surface area contributed by atoms with Gasteiger partial charge in [-0.05, 0) is 23.8 Å². The molecular weight excluding hydrogens is 330 g/mol. The number of hydrogen-bond donors (Lipinski definition) is 2. The zero-order valence-corrected chi connectivity index (χ0v) is 14.8. The van der Waals surface area contributed by atoms with E-state index in [0.717, 1.165) is 28.4 Å². The summed E-state index contributed by atoms with van der Waals surface area (Å²) in [5.41, 5.74) is 2.15. The minimum Gasteiger partial charge on any atom is -0.489 e. The van der Waals surface area contributed by atoms with Crippen LogP contribution in [0, 0.1) is 0 Å². The summed E-state index contributed by atoms with van der Waals surface area (Å²) in [6.45, 7) is 5.68. The van der Waals surface area contributed by atoms with E-state index < -0.39 is 0 Å². The quantitative estimate of drug-likeness (QED) is 0.455. The first-order valence-electron chi connectivity index (χ1n) is 8.45. The molecule has 0 aromatic heterocycles. The Bertz CT molecular complexity index is 790. The van der Waals surface area contributed by atoms with Gasteiger partial charge in [-0.3, -0.25) is 4.99 Å². The third-order valence-corrected chi connectivity index (χ3v) is 3.90. The molecule has 6 nitrogen and oxygen atoms in total. The smallest absolute Gasteiger partial charge is 0.231 e. The second-order valence-corrected chi connectivity index (χ2v) is 5.67. The van der Waals surface area contributed by atoms with E-state index in [-0.39, 0.29) is 6.79 Å². The number of fused-ring (bicyclic) bond motifs is 1. The molecular formula is C20H23N3O3. The Hall–Kier alpha value is -3.15. The average Bonchev–Trinajstić information content (AvgIpc) is 3.15. The highest BCUT2D eigenvalue weighted by Gasteiger charge is 2.13. The van der Waals surface area contributed by atoms with Crippen LogP contribution in [0.1, 0.15) is 11.1 Å². The standard InChI is InChI=1S/C20H23N3O3/c1-3-10-24-17-7-5-4-6-16(17)13-23-20(21-2)22-12-15-8-9-18-19(11-15)26-14-25-18/h3-9,11H,1,10,12-14H2,2H3,(H2,21,22,23). The van der Waals surface area contributed by atoms with Gasteiger partial charge in [-0.25, -0.2) is 0 Å². The Morgan fingerprint density at radius 1 is 1.15 bits per heavy atom. The van der Waals surface area contributed by atoms with Crippen molar-refractivity contribution in [3.05, 3.63) is 66.2 Å². The van der Waals surface area contributed by atoms with Crippen molar-refractivity contribution in [3.63, 3.8) is 0 Å². The van der Waals surface area contributed by atoms with Crippen LogP contribution < -0.4 is 24.8 Å². The lowest BCUT2D eigenvalue weighted by Gasteiger charge is -2.14. The van der Waals surface area contributed by atoms with E-state index in [4.69, 9.17) is 14.2 Å². The highest BCUT2D eigenvalue weighted by atomic mass is 16.7. The Morgan fingerprint density at radius 3 is 2.81 bits per heavy atom. The van der Waals surface area contributed by atoms with Crippen molar-refractivity contribution in [2.45, 2.75) is 13.1 Å². The predicted molar refractivity (Wildman–Crippen MR) is 102 cm³/mol. The molecule has 0 radical (unpaired) electrons. The van der Waals surface area contributed by atoms with Crippen LogP contribution in [-0.4, -0.2) is 26.4 Å². The minimum absolute atomic E-state index is 0.281. The first-order valence-corrected chi connectivity index (χ1v) is 8.45. The van der Waals surface area contributed by atoms with Gasteiger partial charge in [0.15, 0.2) is 17.5 Å². The maximum absolute atomic E-state index is 5.68. The van der Waals surface area contributed by atoms with Gasteiger partial charge in [-0.1, -0.05) is 36.9 Å². The molecule has 3 rings (SSSR count). The van der Waals surface area contributed by atoms with Crippen molar-refractivity contribution < 1.29 is 14.2 Å². The number of hydrogen-bond acceptors (Lipinski definition) is 4. The molecule has 1 aliphatic heterocycles. The van der Waals surface area contributed by atoms with Crippen LogP contribution in [0.4, 0.5) is 0 Å². The van der Waals surface area contributed by atoms with Crippen LogP contribution in [0.5, 0.6) is 17.2 Å². The molecule has 2 aromatic carbocycles. The molecule has 0 unspecified atom stereocenters. The van der Waals surface area contributed by atoms with E-state index in [1.54, 1.807) is 13.1 Å². The fourth-order valence-electron chi connectivity index (χ4n) is 2.58. The molecule has 1 heterocycles. The van der Waals surface area contributed by atoms with Crippen molar-refractivity contribution >= 4 is 5.96 Å². The minimum atomic E-state index is 0.281. The second kappa shape index (κ2) is 8.80. The zero-order valence-electron chi connectivity index (χ0n) is 14.8. The number of rotatable bonds is 7. The molecule has 6 heteroatoms. The summed E-state index contributed by atoms with van der Waals surface area (Å²) >= 11 is 0. The van der Waals surface area contributed by atoms with E-state index in [1.165, 1.54) is 0 Å². The highest BCUT2D eigenvalue weighted by Crippen LogP contribution is 2.32. The Balaban J connectivity index is 1.55. The molecule has 2 N–H and O–H groups in total. The second-order valence-electron chi connectivity index (χ2n) is 5.67. The first kappa shape index (κ1) is 17.7. The van der Waals surface area contributed by atoms with Gasteiger partial charge in [0.25, 0.3) is 0 Å². The summed E-state index contributed by atoms with van der Waals surface area (Å²) < 4.78 is 16.4. The van der Waals surface area contributed by atoms with Crippen molar-refractivity contribution in [3.8, 4) is 17.2 Å². The third-order valence-electron chi connectivity index (χ3n) is 3.90. The summed E-state index contributed by atoms with van der Waals surface area (Å²) in [6, 6.07) is 13.8. The lowest BCUT2D eigenvalue weighted by Crippen LogP contribution is -2.36. The Morgan fingerprint density at radius 2 is 1.96 bits per heavy atom.